The van der Waals surface area contributed by atoms with E-state index in [-0.39, 0.29) is 0 Å². The number of hydrogen-bond acceptors (Lipinski definition) is 4. The minimum atomic E-state index is 0.602. The summed E-state index contributed by atoms with van der Waals surface area (Å²) >= 11 is 1.70. The molecule has 5 heteroatoms. The van der Waals surface area contributed by atoms with Crippen LogP contribution in [0.15, 0.2) is 42.1 Å². The van der Waals surface area contributed by atoms with Crippen molar-refractivity contribution in [3.63, 3.8) is 0 Å². The maximum atomic E-state index is 5.84. The third-order valence-electron chi connectivity index (χ3n) is 3.89. The molecule has 122 valence electrons. The van der Waals surface area contributed by atoms with Gasteiger partial charge in [-0.15, -0.1) is 16.8 Å². The van der Waals surface area contributed by atoms with E-state index in [1.807, 2.05) is 18.2 Å². The second-order valence-corrected chi connectivity index (χ2v) is 6.77. The Kier molecular flexibility index (Phi) is 5.39. The van der Waals surface area contributed by atoms with Gasteiger partial charge in [-0.05, 0) is 37.0 Å². The van der Waals surface area contributed by atoms with Crippen LogP contribution in [0.3, 0.4) is 0 Å². The number of rotatable bonds is 9. The molecular formula is C18H23N3OS. The van der Waals surface area contributed by atoms with Crippen molar-refractivity contribution >= 4 is 11.8 Å². The quantitative estimate of drug-likeness (QED) is 0.395. The van der Waals surface area contributed by atoms with Gasteiger partial charge < -0.3 is 9.30 Å². The minimum Gasteiger partial charge on any atom is -0.493 e. The Labute approximate surface area is 142 Å². The fourth-order valence-electron chi connectivity index (χ4n) is 2.50. The summed E-state index contributed by atoms with van der Waals surface area (Å²) in [7, 11) is 0. The first-order chi connectivity index (χ1) is 11.3. The van der Waals surface area contributed by atoms with Crippen LogP contribution < -0.4 is 4.74 Å². The van der Waals surface area contributed by atoms with Crippen molar-refractivity contribution in [1.29, 1.82) is 0 Å². The Morgan fingerprint density at radius 3 is 3.00 bits per heavy atom. The summed E-state index contributed by atoms with van der Waals surface area (Å²) in [6.45, 7) is 7.43. The third kappa shape index (κ3) is 4.16. The van der Waals surface area contributed by atoms with Crippen molar-refractivity contribution < 1.29 is 4.74 Å². The van der Waals surface area contributed by atoms with Crippen LogP contribution in [0.4, 0.5) is 0 Å². The lowest BCUT2D eigenvalue weighted by molar-refractivity contribution is 0.343. The summed E-state index contributed by atoms with van der Waals surface area (Å²) in [4.78, 5) is 0. The van der Waals surface area contributed by atoms with E-state index < -0.39 is 0 Å². The van der Waals surface area contributed by atoms with Crippen LogP contribution in [-0.2, 0) is 13.0 Å². The van der Waals surface area contributed by atoms with Crippen molar-refractivity contribution in [3.05, 3.63) is 48.3 Å². The molecule has 2 aromatic rings. The molecule has 1 saturated carbocycles. The Morgan fingerprint density at radius 1 is 1.39 bits per heavy atom. The molecule has 1 fully saturated rings. The lowest BCUT2D eigenvalue weighted by Gasteiger charge is -2.08. The van der Waals surface area contributed by atoms with E-state index >= 15 is 0 Å². The van der Waals surface area contributed by atoms with Gasteiger partial charge in [0.2, 0.25) is 0 Å². The van der Waals surface area contributed by atoms with E-state index in [0.29, 0.717) is 12.5 Å². The number of benzene rings is 1. The molecule has 1 heterocycles. The number of thioether (sulfide) groups is 1. The van der Waals surface area contributed by atoms with Crippen LogP contribution in [0.25, 0.3) is 0 Å². The zero-order valence-corrected chi connectivity index (χ0v) is 14.4. The van der Waals surface area contributed by atoms with E-state index in [1.165, 1.54) is 18.4 Å². The molecule has 4 nitrogen and oxygen atoms in total. The van der Waals surface area contributed by atoms with Gasteiger partial charge in [-0.1, -0.05) is 36.9 Å². The van der Waals surface area contributed by atoms with E-state index in [4.69, 9.17) is 4.74 Å². The molecule has 3 rings (SSSR count). The topological polar surface area (TPSA) is 39.9 Å². The number of nitrogens with zero attached hydrogens (tertiary/aromatic N) is 3. The summed E-state index contributed by atoms with van der Waals surface area (Å²) in [5, 5.41) is 9.67. The predicted molar refractivity (Wildman–Crippen MR) is 94.2 cm³/mol. The summed E-state index contributed by atoms with van der Waals surface area (Å²) in [6, 6.07) is 8.29. The normalized spacial score (nSPS) is 14.0. The van der Waals surface area contributed by atoms with Gasteiger partial charge in [0.15, 0.2) is 5.16 Å². The first kappa shape index (κ1) is 16.1. The second kappa shape index (κ2) is 7.68. The molecule has 1 aliphatic carbocycles. The van der Waals surface area contributed by atoms with Crippen molar-refractivity contribution in [1.82, 2.24) is 14.8 Å². The highest BCUT2D eigenvalue weighted by molar-refractivity contribution is 7.99. The molecular weight excluding hydrogens is 306 g/mol. The smallest absolute Gasteiger partial charge is 0.191 e. The van der Waals surface area contributed by atoms with Gasteiger partial charge in [0.25, 0.3) is 0 Å². The molecule has 1 aromatic heterocycles. The molecule has 0 atom stereocenters. The molecule has 0 bridgehead atoms. The highest BCUT2D eigenvalue weighted by Gasteiger charge is 2.30. The molecule has 0 spiro atoms. The molecule has 0 unspecified atom stereocenters. The molecule has 23 heavy (non-hydrogen) atoms. The monoisotopic (exact) mass is 329 g/mol. The Balaban J connectivity index is 1.53. The first-order valence-corrected chi connectivity index (χ1v) is 9.19. The molecule has 0 saturated heterocycles. The van der Waals surface area contributed by atoms with Crippen molar-refractivity contribution in [3.8, 4) is 5.75 Å². The molecule has 0 aliphatic heterocycles. The predicted octanol–water partition coefficient (Wildman–Crippen LogP) is 4.08. The lowest BCUT2D eigenvalue weighted by Crippen LogP contribution is -2.05. The standard InChI is InChI=1S/C18H23N3OS/c1-3-10-21-17(15-8-9-15)19-20-18(21)23-12-11-22-16-7-5-6-14(4-2)13-16/h3,5-7,13,15H,1,4,8-12H2,2H3. The van der Waals surface area contributed by atoms with Gasteiger partial charge in [0.05, 0.1) is 6.61 Å². The maximum absolute atomic E-state index is 5.84. The van der Waals surface area contributed by atoms with Gasteiger partial charge in [-0.25, -0.2) is 0 Å². The Bertz CT molecular complexity index is 664. The van der Waals surface area contributed by atoms with Crippen LogP contribution in [0, 0.1) is 0 Å². The largest absolute Gasteiger partial charge is 0.493 e. The summed E-state index contributed by atoms with van der Waals surface area (Å²) < 4.78 is 8.03. The second-order valence-electron chi connectivity index (χ2n) is 5.71. The van der Waals surface area contributed by atoms with E-state index in [2.05, 4.69) is 40.4 Å². The average molecular weight is 329 g/mol. The van der Waals surface area contributed by atoms with Crippen LogP contribution in [-0.4, -0.2) is 27.1 Å². The van der Waals surface area contributed by atoms with Crippen LogP contribution in [0.1, 0.15) is 37.1 Å². The number of ether oxygens (including phenoxy) is 1. The summed E-state index contributed by atoms with van der Waals surface area (Å²) in [6.07, 6.45) is 5.40. The number of allylic oxidation sites excluding steroid dienone is 1. The van der Waals surface area contributed by atoms with Gasteiger partial charge in [0.1, 0.15) is 11.6 Å². The highest BCUT2D eigenvalue weighted by atomic mass is 32.2. The average Bonchev–Trinajstić information content (AvgIpc) is 3.35. The molecule has 0 radical (unpaired) electrons. The molecule has 0 N–H and O–H groups in total. The fourth-order valence-corrected chi connectivity index (χ4v) is 3.27. The fraction of sp³-hybridized carbons (Fsp3) is 0.444. The van der Waals surface area contributed by atoms with Crippen molar-refractivity contribution in [2.75, 3.05) is 12.4 Å². The van der Waals surface area contributed by atoms with Gasteiger partial charge >= 0.3 is 0 Å². The van der Waals surface area contributed by atoms with Gasteiger partial charge in [0, 0.05) is 18.2 Å². The van der Waals surface area contributed by atoms with Gasteiger partial charge in [-0.2, -0.15) is 0 Å². The van der Waals surface area contributed by atoms with Crippen LogP contribution >= 0.6 is 11.8 Å². The Hall–Kier alpha value is -1.75. The zero-order chi connectivity index (χ0) is 16.1. The third-order valence-corrected chi connectivity index (χ3v) is 4.82. The number of hydrogen-bond donors (Lipinski definition) is 0. The number of aromatic nitrogens is 3. The van der Waals surface area contributed by atoms with E-state index in [0.717, 1.165) is 35.4 Å². The molecule has 0 amide bonds. The summed E-state index contributed by atoms with van der Waals surface area (Å²) in [5.41, 5.74) is 1.30. The first-order valence-electron chi connectivity index (χ1n) is 8.20. The maximum Gasteiger partial charge on any atom is 0.191 e. The van der Waals surface area contributed by atoms with Crippen molar-refractivity contribution in [2.24, 2.45) is 0 Å². The Morgan fingerprint density at radius 2 is 2.26 bits per heavy atom. The zero-order valence-electron chi connectivity index (χ0n) is 13.6. The summed E-state index contributed by atoms with van der Waals surface area (Å²) in [5.74, 6) is 3.51. The van der Waals surface area contributed by atoms with E-state index in [1.54, 1.807) is 11.8 Å². The SMILES string of the molecule is C=CCn1c(SCCOc2cccc(CC)c2)nnc1C1CC1. The van der Waals surface area contributed by atoms with Crippen LogP contribution in [0.2, 0.25) is 0 Å². The molecule has 1 aliphatic rings. The minimum absolute atomic E-state index is 0.602. The highest BCUT2D eigenvalue weighted by Crippen LogP contribution is 2.40. The number of aryl methyl sites for hydroxylation is 1. The van der Waals surface area contributed by atoms with Gasteiger partial charge in [-0.3, -0.25) is 0 Å². The lowest BCUT2D eigenvalue weighted by atomic mass is 10.2. The van der Waals surface area contributed by atoms with Crippen LogP contribution in [0.5, 0.6) is 5.75 Å². The van der Waals surface area contributed by atoms with E-state index in [9.17, 15) is 0 Å². The van der Waals surface area contributed by atoms with Crippen molar-refractivity contribution in [2.45, 2.75) is 43.8 Å². The molecule has 1 aromatic carbocycles.